The molecule has 0 amide bonds. The molecule has 0 aliphatic rings. The van der Waals surface area contributed by atoms with Gasteiger partial charge in [-0.1, -0.05) is 6.92 Å². The molecule has 0 saturated carbocycles. The molecule has 2 aromatic rings. The minimum absolute atomic E-state index is 0.271. The standard InChI is InChI=1S/C14H16N4O4/c1-4-7-11(8-5-16-9(6-15-8)18(2)3)17-13(20)10(12(7)19)14(21)22/h5-6H,4H2,1-3H3,(H,21,22)(H2,17,19,20). The van der Waals surface area contributed by atoms with Gasteiger partial charge >= 0.3 is 5.97 Å². The number of hydrogen-bond donors (Lipinski definition) is 3. The maximum Gasteiger partial charge on any atom is 0.345 e. The van der Waals surface area contributed by atoms with Crippen LogP contribution >= 0.6 is 0 Å². The summed E-state index contributed by atoms with van der Waals surface area (Å²) in [6.45, 7) is 1.74. The molecule has 22 heavy (non-hydrogen) atoms. The van der Waals surface area contributed by atoms with Gasteiger partial charge in [-0.05, 0) is 6.42 Å². The molecule has 116 valence electrons. The first-order valence-corrected chi connectivity index (χ1v) is 6.58. The van der Waals surface area contributed by atoms with Crippen molar-refractivity contribution in [2.24, 2.45) is 0 Å². The largest absolute Gasteiger partial charge is 0.506 e. The van der Waals surface area contributed by atoms with Crippen LogP contribution in [0.4, 0.5) is 5.82 Å². The number of anilines is 1. The van der Waals surface area contributed by atoms with Gasteiger partial charge in [0.1, 0.15) is 17.3 Å². The second-order valence-corrected chi connectivity index (χ2v) is 4.84. The van der Waals surface area contributed by atoms with Crippen molar-refractivity contribution in [1.82, 2.24) is 15.0 Å². The number of carboxylic acid groups (broad SMARTS) is 1. The summed E-state index contributed by atoms with van der Waals surface area (Å²) in [5, 5.41) is 19.1. The number of nitrogens with zero attached hydrogens (tertiary/aromatic N) is 3. The average molecular weight is 304 g/mol. The molecule has 0 aromatic carbocycles. The molecule has 8 heteroatoms. The lowest BCUT2D eigenvalue weighted by Gasteiger charge is -2.13. The topological polar surface area (TPSA) is 119 Å². The Morgan fingerprint density at radius 2 is 2.00 bits per heavy atom. The van der Waals surface area contributed by atoms with E-state index in [4.69, 9.17) is 5.11 Å². The molecule has 0 aliphatic carbocycles. The molecule has 8 nitrogen and oxygen atoms in total. The second kappa shape index (κ2) is 5.84. The summed E-state index contributed by atoms with van der Waals surface area (Å²) in [6.07, 6.45) is 3.31. The van der Waals surface area contributed by atoms with E-state index in [1.165, 1.54) is 12.4 Å². The van der Waals surface area contributed by atoms with E-state index >= 15 is 0 Å². The maximum atomic E-state index is 11.9. The molecule has 0 saturated heterocycles. The van der Waals surface area contributed by atoms with Crippen LogP contribution in [0.25, 0.3) is 11.4 Å². The van der Waals surface area contributed by atoms with Gasteiger partial charge in [0.05, 0.1) is 18.1 Å². The van der Waals surface area contributed by atoms with Gasteiger partial charge in [-0.3, -0.25) is 4.79 Å². The Kier molecular flexibility index (Phi) is 4.11. The summed E-state index contributed by atoms with van der Waals surface area (Å²) in [5.41, 5.74) is -0.613. The van der Waals surface area contributed by atoms with E-state index < -0.39 is 22.8 Å². The van der Waals surface area contributed by atoms with Crippen LogP contribution in [0.15, 0.2) is 17.2 Å². The quantitative estimate of drug-likeness (QED) is 0.766. The molecular weight excluding hydrogens is 288 g/mol. The number of carbonyl (C=O) groups is 1. The van der Waals surface area contributed by atoms with Crippen molar-refractivity contribution < 1.29 is 15.0 Å². The average Bonchev–Trinajstić information content (AvgIpc) is 2.46. The van der Waals surface area contributed by atoms with Crippen molar-refractivity contribution in [2.45, 2.75) is 13.3 Å². The third-order valence-electron chi connectivity index (χ3n) is 3.21. The number of aromatic nitrogens is 3. The van der Waals surface area contributed by atoms with Gasteiger partial charge in [-0.25, -0.2) is 14.8 Å². The summed E-state index contributed by atoms with van der Waals surface area (Å²) in [4.78, 5) is 35.6. The minimum Gasteiger partial charge on any atom is -0.506 e. The first-order chi connectivity index (χ1) is 10.4. The predicted molar refractivity (Wildman–Crippen MR) is 80.4 cm³/mol. The van der Waals surface area contributed by atoms with Crippen LogP contribution in [-0.2, 0) is 6.42 Å². The molecule has 2 aromatic heterocycles. The van der Waals surface area contributed by atoms with Crippen LogP contribution in [0.2, 0.25) is 0 Å². The molecule has 0 spiro atoms. The molecule has 0 fully saturated rings. The molecule has 0 atom stereocenters. The number of pyridine rings is 1. The van der Waals surface area contributed by atoms with Gasteiger partial charge in [-0.15, -0.1) is 0 Å². The second-order valence-electron chi connectivity index (χ2n) is 4.84. The first-order valence-electron chi connectivity index (χ1n) is 6.58. The summed E-state index contributed by atoms with van der Waals surface area (Å²) in [7, 11) is 3.63. The monoisotopic (exact) mass is 304 g/mol. The number of hydrogen-bond acceptors (Lipinski definition) is 6. The fraction of sp³-hybridized carbons (Fsp3) is 0.286. The number of aromatic amines is 1. The van der Waals surface area contributed by atoms with Crippen LogP contribution in [-0.4, -0.2) is 45.2 Å². The van der Waals surface area contributed by atoms with E-state index in [1.54, 1.807) is 11.8 Å². The lowest BCUT2D eigenvalue weighted by molar-refractivity contribution is 0.0691. The normalized spacial score (nSPS) is 10.5. The minimum atomic E-state index is -1.48. The highest BCUT2D eigenvalue weighted by atomic mass is 16.4. The zero-order valence-corrected chi connectivity index (χ0v) is 12.4. The van der Waals surface area contributed by atoms with E-state index in [0.29, 0.717) is 23.5 Å². The van der Waals surface area contributed by atoms with Crippen molar-refractivity contribution in [3.8, 4) is 17.1 Å². The van der Waals surface area contributed by atoms with Gasteiger partial charge in [0.15, 0.2) is 5.56 Å². The zero-order chi connectivity index (χ0) is 16.4. The lowest BCUT2D eigenvalue weighted by Crippen LogP contribution is -2.20. The summed E-state index contributed by atoms with van der Waals surface area (Å²) >= 11 is 0. The Labute approximate surface area is 126 Å². The molecule has 2 rings (SSSR count). The van der Waals surface area contributed by atoms with Crippen LogP contribution < -0.4 is 10.5 Å². The highest BCUT2D eigenvalue weighted by Crippen LogP contribution is 2.28. The van der Waals surface area contributed by atoms with Crippen LogP contribution in [0.1, 0.15) is 22.8 Å². The molecule has 3 N–H and O–H groups in total. The Morgan fingerprint density at radius 1 is 1.32 bits per heavy atom. The van der Waals surface area contributed by atoms with Gasteiger partial charge < -0.3 is 20.1 Å². The molecule has 0 unspecified atom stereocenters. The molecular formula is C14H16N4O4. The van der Waals surface area contributed by atoms with Crippen molar-refractivity contribution >= 4 is 11.8 Å². The number of rotatable bonds is 4. The van der Waals surface area contributed by atoms with E-state index in [1.807, 2.05) is 14.1 Å². The number of nitrogens with one attached hydrogen (secondary N) is 1. The number of aromatic hydroxyl groups is 1. The Hall–Kier alpha value is -2.90. The SMILES string of the molecule is CCc1c(-c2cnc(N(C)C)cn2)[nH]c(=O)c(C(=O)O)c1O. The Bertz CT molecular complexity index is 766. The first kappa shape index (κ1) is 15.5. The summed E-state index contributed by atoms with van der Waals surface area (Å²) in [6, 6.07) is 0. The van der Waals surface area contributed by atoms with E-state index in [0.717, 1.165) is 0 Å². The molecule has 0 bridgehead atoms. The van der Waals surface area contributed by atoms with E-state index in [9.17, 15) is 14.7 Å². The third kappa shape index (κ3) is 2.62. The number of carboxylic acids is 1. The fourth-order valence-corrected chi connectivity index (χ4v) is 2.07. The van der Waals surface area contributed by atoms with Gasteiger partial charge in [0.25, 0.3) is 5.56 Å². The molecule has 0 radical (unpaired) electrons. The van der Waals surface area contributed by atoms with Crippen LogP contribution in [0.3, 0.4) is 0 Å². The van der Waals surface area contributed by atoms with Crippen molar-refractivity contribution in [1.29, 1.82) is 0 Å². The lowest BCUT2D eigenvalue weighted by atomic mass is 10.0. The van der Waals surface area contributed by atoms with Gasteiger partial charge in [0, 0.05) is 19.7 Å². The van der Waals surface area contributed by atoms with Gasteiger partial charge in [-0.2, -0.15) is 0 Å². The summed E-state index contributed by atoms with van der Waals surface area (Å²) in [5.74, 6) is -1.38. The summed E-state index contributed by atoms with van der Waals surface area (Å²) < 4.78 is 0. The Morgan fingerprint density at radius 3 is 2.45 bits per heavy atom. The fourth-order valence-electron chi connectivity index (χ4n) is 2.07. The highest BCUT2D eigenvalue weighted by Gasteiger charge is 2.22. The van der Waals surface area contributed by atoms with Crippen LogP contribution in [0.5, 0.6) is 5.75 Å². The number of H-pyrrole nitrogens is 1. The van der Waals surface area contributed by atoms with E-state index in [2.05, 4.69) is 15.0 Å². The smallest absolute Gasteiger partial charge is 0.345 e. The zero-order valence-electron chi connectivity index (χ0n) is 12.4. The Balaban J connectivity index is 2.65. The molecule has 0 aliphatic heterocycles. The van der Waals surface area contributed by atoms with Crippen molar-refractivity contribution in [3.05, 3.63) is 33.9 Å². The van der Waals surface area contributed by atoms with Crippen molar-refractivity contribution in [2.75, 3.05) is 19.0 Å². The third-order valence-corrected chi connectivity index (χ3v) is 3.21. The number of aromatic carboxylic acids is 1. The highest BCUT2D eigenvalue weighted by molar-refractivity contribution is 5.91. The maximum absolute atomic E-state index is 11.9. The molecule has 2 heterocycles. The predicted octanol–water partition coefficient (Wildman–Crippen LogP) is 0.864. The van der Waals surface area contributed by atoms with E-state index in [-0.39, 0.29) is 5.69 Å². The van der Waals surface area contributed by atoms with Crippen LogP contribution in [0, 0.1) is 0 Å². The van der Waals surface area contributed by atoms with Gasteiger partial charge in [0.2, 0.25) is 0 Å². The van der Waals surface area contributed by atoms with Crippen molar-refractivity contribution in [3.63, 3.8) is 0 Å².